The number of hydrogen-bond donors (Lipinski definition) is 5. The second-order valence-electron chi connectivity index (χ2n) is 9.05. The lowest BCUT2D eigenvalue weighted by Crippen LogP contribution is -2.28. The molecule has 2 amide bonds. The van der Waals surface area contributed by atoms with Crippen LogP contribution in [0.4, 0.5) is 22.7 Å². The zero-order valence-electron chi connectivity index (χ0n) is 21.2. The number of fused-ring (bicyclic) bond motifs is 1. The number of hydrogen-bond acceptors (Lipinski definition) is 6. The molecular weight excluding hydrogens is 452 g/mol. The van der Waals surface area contributed by atoms with Crippen molar-refractivity contribution < 1.29 is 9.59 Å². The number of nitrogens with two attached hydrogens (primary N) is 1. The maximum absolute atomic E-state index is 12.5. The average Bonchev–Trinajstić information content (AvgIpc) is 3.20. The Morgan fingerprint density at radius 2 is 1.81 bits per heavy atom. The Labute approximate surface area is 212 Å². The summed E-state index contributed by atoms with van der Waals surface area (Å²) in [5.74, 6) is 0.0738. The first-order chi connectivity index (χ1) is 17.2. The van der Waals surface area contributed by atoms with Crippen LogP contribution >= 0.6 is 0 Å². The fraction of sp³-hybridized carbons (Fsp3) is 0.250. The van der Waals surface area contributed by atoms with E-state index in [0.717, 1.165) is 45.0 Å². The highest BCUT2D eigenvalue weighted by Crippen LogP contribution is 2.32. The summed E-state index contributed by atoms with van der Waals surface area (Å²) in [6.45, 7) is 7.22. The molecule has 0 saturated carbocycles. The summed E-state index contributed by atoms with van der Waals surface area (Å²) in [4.78, 5) is 24.5. The fourth-order valence-electron chi connectivity index (χ4n) is 4.00. The van der Waals surface area contributed by atoms with Crippen LogP contribution in [0.25, 0.3) is 0 Å². The van der Waals surface area contributed by atoms with Gasteiger partial charge in [0.2, 0.25) is 6.41 Å². The summed E-state index contributed by atoms with van der Waals surface area (Å²) < 4.78 is 0. The molecule has 3 aromatic rings. The van der Waals surface area contributed by atoms with Crippen molar-refractivity contribution in [3.05, 3.63) is 82.9 Å². The summed E-state index contributed by atoms with van der Waals surface area (Å²) >= 11 is 0. The molecule has 0 spiro atoms. The third-order valence-corrected chi connectivity index (χ3v) is 5.98. The van der Waals surface area contributed by atoms with Gasteiger partial charge in [-0.2, -0.15) is 0 Å². The number of carbonyl (C=O) groups is 2. The lowest BCUT2D eigenvalue weighted by Gasteiger charge is -2.19. The Kier molecular flexibility index (Phi) is 8.45. The second kappa shape index (κ2) is 11.5. The number of amides is 2. The maximum atomic E-state index is 12.5. The zero-order chi connectivity index (χ0) is 26.3. The molecule has 0 aromatic heterocycles. The van der Waals surface area contributed by atoms with E-state index in [2.05, 4.69) is 16.0 Å². The topological polar surface area (TPSA) is 123 Å². The summed E-state index contributed by atoms with van der Waals surface area (Å²) in [5.41, 5.74) is 12.5. The standard InChI is InChI=1S/C18H20N4O.C10H14N2O/c1-3-22-11-12-5-4-6-16(17(12)18(22)23)21-14-7-8-15(20-2)13(9-14)10-19;1-10(2,11)8-4-3-5-9(6-8)12-7-13/h4-10,19-21H,3,11H2,1-2H3;3-7H,11H2,1-2H3,(H,12,13). The molecule has 8 nitrogen and oxygen atoms in total. The minimum Gasteiger partial charge on any atom is -0.388 e. The third-order valence-electron chi connectivity index (χ3n) is 5.98. The van der Waals surface area contributed by atoms with E-state index in [4.69, 9.17) is 11.1 Å². The Balaban J connectivity index is 0.000000236. The van der Waals surface area contributed by atoms with Gasteiger partial charge in [-0.25, -0.2) is 0 Å². The predicted octanol–water partition coefficient (Wildman–Crippen LogP) is 4.89. The van der Waals surface area contributed by atoms with Gasteiger partial charge in [0, 0.05) is 54.5 Å². The van der Waals surface area contributed by atoms with Crippen molar-refractivity contribution in [1.82, 2.24) is 4.90 Å². The van der Waals surface area contributed by atoms with Crippen LogP contribution in [0.2, 0.25) is 0 Å². The van der Waals surface area contributed by atoms with E-state index in [0.29, 0.717) is 19.5 Å². The first-order valence-electron chi connectivity index (χ1n) is 11.8. The molecule has 0 aliphatic carbocycles. The lowest BCUT2D eigenvalue weighted by atomic mass is 9.95. The van der Waals surface area contributed by atoms with Gasteiger partial charge in [0.15, 0.2) is 0 Å². The molecule has 0 atom stereocenters. The molecule has 8 heteroatoms. The summed E-state index contributed by atoms with van der Waals surface area (Å²) in [6, 6.07) is 19.2. The van der Waals surface area contributed by atoms with Gasteiger partial charge in [0.25, 0.3) is 5.91 Å². The van der Waals surface area contributed by atoms with Crippen molar-refractivity contribution in [1.29, 1.82) is 5.41 Å². The number of carbonyl (C=O) groups excluding carboxylic acids is 2. The maximum Gasteiger partial charge on any atom is 0.256 e. The summed E-state index contributed by atoms with van der Waals surface area (Å²) in [7, 11) is 1.83. The van der Waals surface area contributed by atoms with E-state index in [1.54, 1.807) is 0 Å². The molecule has 36 heavy (non-hydrogen) atoms. The first kappa shape index (κ1) is 26.4. The van der Waals surface area contributed by atoms with E-state index in [1.807, 2.05) is 93.4 Å². The van der Waals surface area contributed by atoms with Gasteiger partial charge in [0.05, 0.1) is 11.3 Å². The van der Waals surface area contributed by atoms with Gasteiger partial charge in [-0.15, -0.1) is 0 Å². The van der Waals surface area contributed by atoms with Gasteiger partial charge in [-0.1, -0.05) is 24.3 Å². The molecule has 0 saturated heterocycles. The molecule has 6 N–H and O–H groups in total. The largest absolute Gasteiger partial charge is 0.388 e. The second-order valence-corrected chi connectivity index (χ2v) is 9.05. The summed E-state index contributed by atoms with van der Waals surface area (Å²) in [6.07, 6.45) is 1.97. The molecule has 1 aliphatic rings. The molecule has 1 aliphatic heterocycles. The van der Waals surface area contributed by atoms with Crippen LogP contribution in [0.5, 0.6) is 0 Å². The molecular formula is C28H34N6O2. The number of rotatable bonds is 8. The predicted molar refractivity (Wildman–Crippen MR) is 147 cm³/mol. The molecule has 0 unspecified atom stereocenters. The first-order valence-corrected chi connectivity index (χ1v) is 11.8. The van der Waals surface area contributed by atoms with Crippen molar-refractivity contribution in [2.75, 3.05) is 29.5 Å². The van der Waals surface area contributed by atoms with Crippen LogP contribution in [-0.4, -0.2) is 37.0 Å². The van der Waals surface area contributed by atoms with Gasteiger partial charge in [-0.05, 0) is 68.3 Å². The van der Waals surface area contributed by atoms with Crippen LogP contribution in [0.15, 0.2) is 60.7 Å². The SMILES string of the molecule is CC(C)(N)c1cccc(NC=O)c1.CCN1Cc2cccc(Nc3ccc(NC)c(C=N)c3)c2C1=O. The van der Waals surface area contributed by atoms with E-state index in [-0.39, 0.29) is 11.4 Å². The molecule has 0 radical (unpaired) electrons. The summed E-state index contributed by atoms with van der Waals surface area (Å²) in [5, 5.41) is 16.5. The van der Waals surface area contributed by atoms with Gasteiger partial charge >= 0.3 is 0 Å². The molecule has 188 valence electrons. The number of nitrogens with zero attached hydrogens (tertiary/aromatic N) is 1. The molecule has 1 heterocycles. The van der Waals surface area contributed by atoms with Crippen molar-refractivity contribution in [2.24, 2.45) is 5.73 Å². The Morgan fingerprint density at radius 1 is 1.06 bits per heavy atom. The Hall–Kier alpha value is -4.17. The minimum absolute atomic E-state index is 0.0738. The quantitative estimate of drug-likeness (QED) is 0.229. The van der Waals surface area contributed by atoms with Crippen molar-refractivity contribution in [2.45, 2.75) is 32.9 Å². The fourth-order valence-corrected chi connectivity index (χ4v) is 4.00. The molecule has 0 fully saturated rings. The van der Waals surface area contributed by atoms with Gasteiger partial charge in [-0.3, -0.25) is 9.59 Å². The van der Waals surface area contributed by atoms with Crippen molar-refractivity contribution in [3.63, 3.8) is 0 Å². The highest BCUT2D eigenvalue weighted by Gasteiger charge is 2.28. The van der Waals surface area contributed by atoms with Crippen LogP contribution in [0.3, 0.4) is 0 Å². The number of benzene rings is 3. The zero-order valence-corrected chi connectivity index (χ0v) is 21.2. The monoisotopic (exact) mass is 486 g/mol. The number of anilines is 4. The van der Waals surface area contributed by atoms with E-state index < -0.39 is 0 Å². The molecule has 4 rings (SSSR count). The Morgan fingerprint density at radius 3 is 2.44 bits per heavy atom. The van der Waals surface area contributed by atoms with Crippen LogP contribution in [0.1, 0.15) is 47.8 Å². The van der Waals surface area contributed by atoms with Gasteiger partial charge in [0.1, 0.15) is 0 Å². The van der Waals surface area contributed by atoms with E-state index in [1.165, 1.54) is 6.21 Å². The average molecular weight is 487 g/mol. The van der Waals surface area contributed by atoms with Crippen molar-refractivity contribution in [3.8, 4) is 0 Å². The van der Waals surface area contributed by atoms with Crippen LogP contribution in [0, 0.1) is 5.41 Å². The third kappa shape index (κ3) is 6.09. The minimum atomic E-state index is -0.374. The smallest absolute Gasteiger partial charge is 0.256 e. The van der Waals surface area contributed by atoms with Crippen molar-refractivity contribution >= 4 is 41.3 Å². The Bertz CT molecular complexity index is 1250. The van der Waals surface area contributed by atoms with Gasteiger partial charge < -0.3 is 32.0 Å². The molecule has 0 bridgehead atoms. The molecule has 3 aromatic carbocycles. The van der Waals surface area contributed by atoms with Crippen LogP contribution in [-0.2, 0) is 16.9 Å². The van der Waals surface area contributed by atoms with Crippen LogP contribution < -0.4 is 21.7 Å². The highest BCUT2D eigenvalue weighted by molar-refractivity contribution is 6.04. The van der Waals surface area contributed by atoms with E-state index in [9.17, 15) is 9.59 Å². The normalized spacial score (nSPS) is 12.2. The highest BCUT2D eigenvalue weighted by atomic mass is 16.2. The lowest BCUT2D eigenvalue weighted by molar-refractivity contribution is -0.105. The number of nitrogens with one attached hydrogen (secondary N) is 4. The van der Waals surface area contributed by atoms with E-state index >= 15 is 0 Å².